The number of carboxylic acid groups (broad SMARTS) is 1. The van der Waals surface area contributed by atoms with Crippen molar-refractivity contribution in [2.45, 2.75) is 24.8 Å². The second-order valence-corrected chi connectivity index (χ2v) is 8.77. The van der Waals surface area contributed by atoms with Crippen molar-refractivity contribution in [3.63, 3.8) is 0 Å². The average Bonchev–Trinajstić information content (AvgIpc) is 2.98. The molecule has 1 aromatic heterocycles. The number of carbonyl (C=O) groups is 2. The number of nitrogens with one attached hydrogen (secondary N) is 1. The van der Waals surface area contributed by atoms with E-state index in [9.17, 15) is 14.1 Å². The monoisotopic (exact) mass is 432 g/mol. The summed E-state index contributed by atoms with van der Waals surface area (Å²) in [6.07, 6.45) is 0. The summed E-state index contributed by atoms with van der Waals surface area (Å²) in [5.41, 5.74) is 3.23. The van der Waals surface area contributed by atoms with E-state index in [-0.39, 0.29) is 11.9 Å². The second-order valence-electron chi connectivity index (χ2n) is 6.92. The molecule has 2 N–H and O–H groups in total. The number of benzene rings is 2. The predicted molar refractivity (Wildman–Crippen MR) is 114 cm³/mol. The van der Waals surface area contributed by atoms with Crippen molar-refractivity contribution >= 4 is 45.6 Å². The summed E-state index contributed by atoms with van der Waals surface area (Å²) in [7, 11) is 1.82. The van der Waals surface area contributed by atoms with E-state index in [0.29, 0.717) is 15.6 Å². The Kier molecular flexibility index (Phi) is 6.21. The molecule has 8 heteroatoms. The second kappa shape index (κ2) is 8.49. The van der Waals surface area contributed by atoms with Crippen LogP contribution in [0.1, 0.15) is 34.6 Å². The fourth-order valence-corrected chi connectivity index (χ4v) is 4.35. The lowest BCUT2D eigenvalue weighted by Crippen LogP contribution is -2.28. The van der Waals surface area contributed by atoms with E-state index in [1.807, 2.05) is 37.6 Å². The number of fused-ring (bicyclic) bond motifs is 1. The number of hydrogen-bond donors (Lipinski definition) is 2. The van der Waals surface area contributed by atoms with Gasteiger partial charge in [-0.1, -0.05) is 23.7 Å². The summed E-state index contributed by atoms with van der Waals surface area (Å²) in [6.45, 7) is 3.80. The fourth-order valence-electron chi connectivity index (χ4n) is 3.19. The normalized spacial score (nSPS) is 13.3. The zero-order valence-electron chi connectivity index (χ0n) is 16.2. The molecule has 0 saturated heterocycles. The molecule has 0 aliphatic carbocycles. The van der Waals surface area contributed by atoms with Gasteiger partial charge in [-0.15, -0.1) is 0 Å². The summed E-state index contributed by atoms with van der Waals surface area (Å²) in [5.74, 6) is -1.78. The summed E-state index contributed by atoms with van der Waals surface area (Å²) < 4.78 is 13.7. The third-order valence-corrected chi connectivity index (χ3v) is 6.35. The summed E-state index contributed by atoms with van der Waals surface area (Å²) in [5, 5.41) is 13.1. The van der Waals surface area contributed by atoms with Gasteiger partial charge >= 0.3 is 5.97 Å². The van der Waals surface area contributed by atoms with Gasteiger partial charge in [0.05, 0.1) is 16.6 Å². The Morgan fingerprint density at radius 2 is 1.90 bits per heavy atom. The Balaban J connectivity index is 1.77. The lowest BCUT2D eigenvalue weighted by atomic mass is 10.1. The molecule has 6 nitrogen and oxygen atoms in total. The molecule has 1 unspecified atom stereocenters. The highest BCUT2D eigenvalue weighted by atomic mass is 35.5. The van der Waals surface area contributed by atoms with Crippen LogP contribution in [0.3, 0.4) is 0 Å². The molecule has 0 fully saturated rings. The van der Waals surface area contributed by atoms with Crippen molar-refractivity contribution in [2.75, 3.05) is 5.75 Å². The first-order valence-corrected chi connectivity index (χ1v) is 10.6. The van der Waals surface area contributed by atoms with Gasteiger partial charge in [0.1, 0.15) is 5.69 Å². The number of carbonyl (C=O) groups excluding carboxylic acids is 1. The minimum absolute atomic E-state index is 0.233. The van der Waals surface area contributed by atoms with Crippen molar-refractivity contribution in [1.82, 2.24) is 9.88 Å². The Morgan fingerprint density at radius 3 is 2.52 bits per heavy atom. The molecule has 0 aliphatic rings. The van der Waals surface area contributed by atoms with E-state index >= 15 is 0 Å². The lowest BCUT2D eigenvalue weighted by molar-refractivity contribution is -0.134. The zero-order chi connectivity index (χ0) is 21.3. The van der Waals surface area contributed by atoms with Gasteiger partial charge in [0, 0.05) is 12.4 Å². The van der Waals surface area contributed by atoms with Crippen LogP contribution in [0.2, 0.25) is 5.02 Å². The van der Waals surface area contributed by atoms with Crippen LogP contribution >= 0.6 is 11.6 Å². The molecule has 0 radical (unpaired) electrons. The van der Waals surface area contributed by atoms with Gasteiger partial charge in [0.25, 0.3) is 5.91 Å². The van der Waals surface area contributed by atoms with Crippen molar-refractivity contribution in [3.8, 4) is 0 Å². The SMILES string of the molecule is Cc1cc(Cl)c2cc(C(=O)NC(C)c3ccc([S@+]([O-])CC(=O)O)cc3)n(C)c2c1. The Morgan fingerprint density at radius 1 is 1.24 bits per heavy atom. The molecule has 1 heterocycles. The van der Waals surface area contributed by atoms with Gasteiger partial charge in [-0.25, -0.2) is 4.79 Å². The number of carboxylic acids is 1. The minimum atomic E-state index is -1.59. The number of halogens is 1. The smallest absolute Gasteiger partial charge is 0.354 e. The average molecular weight is 433 g/mol. The molecule has 2 atom stereocenters. The van der Waals surface area contributed by atoms with Crippen LogP contribution in [-0.2, 0) is 23.0 Å². The quantitative estimate of drug-likeness (QED) is 0.579. The summed E-state index contributed by atoms with van der Waals surface area (Å²) >= 11 is 4.72. The van der Waals surface area contributed by atoms with E-state index in [2.05, 4.69) is 5.32 Å². The number of aryl methyl sites for hydroxylation is 2. The summed E-state index contributed by atoms with van der Waals surface area (Å²) in [4.78, 5) is 24.0. The maximum atomic E-state index is 12.8. The molecule has 1 amide bonds. The Labute approximate surface area is 176 Å². The summed E-state index contributed by atoms with van der Waals surface area (Å²) in [6, 6.07) is 12.1. The molecule has 3 aromatic rings. The van der Waals surface area contributed by atoms with Gasteiger partial charge in [-0.3, -0.25) is 4.79 Å². The molecule has 29 heavy (non-hydrogen) atoms. The maximum Gasteiger partial charge on any atom is 0.354 e. The molecule has 0 spiro atoms. The number of aliphatic carboxylic acids is 1. The van der Waals surface area contributed by atoms with Crippen molar-refractivity contribution in [3.05, 3.63) is 64.3 Å². The first kappa shape index (κ1) is 21.2. The minimum Gasteiger partial charge on any atom is -0.611 e. The number of hydrogen-bond acceptors (Lipinski definition) is 3. The van der Waals surface area contributed by atoms with Gasteiger partial charge in [0.2, 0.25) is 5.75 Å². The molecule has 0 bridgehead atoms. The standard InChI is InChI=1S/C21H21ClN2O4S/c1-12-8-17(22)16-10-19(24(3)18(16)9-12)21(27)23-13(2)14-4-6-15(7-5-14)29(28)11-20(25)26/h4-10,13H,11H2,1-3H3,(H,23,27)(H,25,26)/t13?,29-/m1/s1. The molecule has 0 aliphatic heterocycles. The highest BCUT2D eigenvalue weighted by Crippen LogP contribution is 2.28. The van der Waals surface area contributed by atoms with Crippen LogP contribution in [-0.4, -0.2) is 31.9 Å². The molecule has 0 saturated carbocycles. The zero-order valence-corrected chi connectivity index (χ0v) is 17.8. The van der Waals surface area contributed by atoms with Gasteiger partial charge in [-0.05, 0) is 66.5 Å². The van der Waals surface area contributed by atoms with Crippen molar-refractivity contribution < 1.29 is 19.2 Å². The first-order valence-electron chi connectivity index (χ1n) is 8.94. The number of aromatic nitrogens is 1. The van der Waals surface area contributed by atoms with Crippen LogP contribution in [0.4, 0.5) is 0 Å². The predicted octanol–water partition coefficient (Wildman–Crippen LogP) is 3.82. The topological polar surface area (TPSA) is 94.4 Å². The van der Waals surface area contributed by atoms with E-state index in [0.717, 1.165) is 22.0 Å². The third kappa shape index (κ3) is 4.58. The van der Waals surface area contributed by atoms with E-state index in [4.69, 9.17) is 16.7 Å². The molecule has 2 aromatic carbocycles. The van der Waals surface area contributed by atoms with Crippen LogP contribution in [0.15, 0.2) is 47.4 Å². The van der Waals surface area contributed by atoms with Crippen LogP contribution in [0.25, 0.3) is 10.9 Å². The van der Waals surface area contributed by atoms with E-state index in [1.54, 1.807) is 30.3 Å². The molecule has 3 rings (SSSR count). The van der Waals surface area contributed by atoms with Gasteiger partial charge in [0.15, 0.2) is 4.90 Å². The van der Waals surface area contributed by atoms with E-state index in [1.165, 1.54) is 0 Å². The lowest BCUT2D eigenvalue weighted by Gasteiger charge is -2.15. The fraction of sp³-hybridized carbons (Fsp3) is 0.238. The number of nitrogens with zero attached hydrogens (tertiary/aromatic N) is 1. The maximum absolute atomic E-state index is 12.8. The Bertz CT molecular complexity index is 1080. The molecular weight excluding hydrogens is 412 g/mol. The Hall–Kier alpha value is -2.48. The van der Waals surface area contributed by atoms with Crippen LogP contribution in [0.5, 0.6) is 0 Å². The van der Waals surface area contributed by atoms with Gasteiger partial charge < -0.3 is 19.5 Å². The van der Waals surface area contributed by atoms with E-state index < -0.39 is 22.9 Å². The highest BCUT2D eigenvalue weighted by Gasteiger charge is 2.19. The largest absolute Gasteiger partial charge is 0.611 e. The molecular formula is C21H21ClN2O4S. The highest BCUT2D eigenvalue weighted by molar-refractivity contribution is 7.92. The van der Waals surface area contributed by atoms with Gasteiger partial charge in [-0.2, -0.15) is 0 Å². The number of rotatable bonds is 6. The van der Waals surface area contributed by atoms with Crippen LogP contribution in [0, 0.1) is 6.92 Å². The molecule has 152 valence electrons. The van der Waals surface area contributed by atoms with Crippen LogP contribution < -0.4 is 5.32 Å². The number of amides is 1. The van der Waals surface area contributed by atoms with Crippen molar-refractivity contribution in [1.29, 1.82) is 0 Å². The third-order valence-electron chi connectivity index (χ3n) is 4.73. The first-order chi connectivity index (χ1) is 13.7. The van der Waals surface area contributed by atoms with Crippen molar-refractivity contribution in [2.24, 2.45) is 7.05 Å².